The topological polar surface area (TPSA) is 41.6 Å². The van der Waals surface area contributed by atoms with E-state index >= 15 is 0 Å². The standard InChI is InChI=1S/C7H6IN3/c1-4-2-3-9-6-5(4)10-11-7(6)8/h2-3H,1H3,(H,10,11). The zero-order chi connectivity index (χ0) is 7.84. The molecule has 0 fully saturated rings. The minimum Gasteiger partial charge on any atom is -0.269 e. The van der Waals surface area contributed by atoms with Crippen LogP contribution in [0.1, 0.15) is 5.56 Å². The summed E-state index contributed by atoms with van der Waals surface area (Å²) in [4.78, 5) is 4.20. The summed E-state index contributed by atoms with van der Waals surface area (Å²) in [6.07, 6.45) is 1.80. The molecule has 0 aliphatic carbocycles. The van der Waals surface area contributed by atoms with E-state index in [1.165, 1.54) is 0 Å². The van der Waals surface area contributed by atoms with Crippen LogP contribution in [0.4, 0.5) is 0 Å². The maximum absolute atomic E-state index is 4.20. The van der Waals surface area contributed by atoms with Gasteiger partial charge in [-0.1, -0.05) is 0 Å². The Balaban J connectivity index is 2.94. The molecule has 0 saturated heterocycles. The number of aryl methyl sites for hydroxylation is 1. The van der Waals surface area contributed by atoms with Gasteiger partial charge in [-0.15, -0.1) is 0 Å². The summed E-state index contributed by atoms with van der Waals surface area (Å²) in [5.41, 5.74) is 3.09. The lowest BCUT2D eigenvalue weighted by Crippen LogP contribution is -1.78. The molecule has 0 saturated carbocycles. The number of pyridine rings is 1. The van der Waals surface area contributed by atoms with Crippen LogP contribution in [-0.2, 0) is 0 Å². The van der Waals surface area contributed by atoms with E-state index in [9.17, 15) is 0 Å². The molecule has 56 valence electrons. The Morgan fingerprint density at radius 2 is 2.27 bits per heavy atom. The van der Waals surface area contributed by atoms with Gasteiger partial charge >= 0.3 is 0 Å². The SMILES string of the molecule is Cc1ccnc2c(I)[nH]nc12. The van der Waals surface area contributed by atoms with Crippen molar-refractivity contribution in [1.82, 2.24) is 15.2 Å². The Labute approximate surface area is 77.4 Å². The molecule has 11 heavy (non-hydrogen) atoms. The van der Waals surface area contributed by atoms with Gasteiger partial charge in [-0.05, 0) is 41.1 Å². The summed E-state index contributed by atoms with van der Waals surface area (Å²) in [5.74, 6) is 0. The molecular formula is C7H6IN3. The molecule has 0 aliphatic rings. The largest absolute Gasteiger partial charge is 0.269 e. The van der Waals surface area contributed by atoms with Gasteiger partial charge in [-0.2, -0.15) is 5.10 Å². The van der Waals surface area contributed by atoms with Crippen molar-refractivity contribution in [2.45, 2.75) is 6.92 Å². The van der Waals surface area contributed by atoms with Gasteiger partial charge < -0.3 is 0 Å². The van der Waals surface area contributed by atoms with E-state index in [2.05, 4.69) is 37.8 Å². The van der Waals surface area contributed by atoms with Gasteiger partial charge in [0.15, 0.2) is 0 Å². The third-order valence-corrected chi connectivity index (χ3v) is 2.35. The van der Waals surface area contributed by atoms with Crippen molar-refractivity contribution in [2.75, 3.05) is 0 Å². The fourth-order valence-corrected chi connectivity index (χ4v) is 1.53. The average Bonchev–Trinajstić information content (AvgIpc) is 2.35. The van der Waals surface area contributed by atoms with Crippen molar-refractivity contribution in [3.8, 4) is 0 Å². The summed E-state index contributed by atoms with van der Waals surface area (Å²) >= 11 is 2.19. The van der Waals surface area contributed by atoms with E-state index in [4.69, 9.17) is 0 Å². The van der Waals surface area contributed by atoms with Crippen molar-refractivity contribution < 1.29 is 0 Å². The molecule has 2 heterocycles. The quantitative estimate of drug-likeness (QED) is 0.734. The molecule has 0 unspecified atom stereocenters. The second kappa shape index (κ2) is 2.44. The normalized spacial score (nSPS) is 10.7. The summed E-state index contributed by atoms with van der Waals surface area (Å²) in [7, 11) is 0. The van der Waals surface area contributed by atoms with Crippen LogP contribution in [0, 0.1) is 10.6 Å². The predicted molar refractivity (Wildman–Crippen MR) is 51.3 cm³/mol. The van der Waals surface area contributed by atoms with Crippen molar-refractivity contribution in [3.05, 3.63) is 21.5 Å². The van der Waals surface area contributed by atoms with E-state index in [1.54, 1.807) is 6.20 Å². The van der Waals surface area contributed by atoms with Crippen molar-refractivity contribution >= 4 is 33.6 Å². The Morgan fingerprint density at radius 1 is 1.45 bits per heavy atom. The Kier molecular flexibility index (Phi) is 1.56. The lowest BCUT2D eigenvalue weighted by Gasteiger charge is -1.90. The molecule has 0 atom stereocenters. The molecule has 3 nitrogen and oxygen atoms in total. The number of hydrogen-bond acceptors (Lipinski definition) is 2. The van der Waals surface area contributed by atoms with E-state index < -0.39 is 0 Å². The average molecular weight is 259 g/mol. The zero-order valence-electron chi connectivity index (χ0n) is 5.93. The van der Waals surface area contributed by atoms with Gasteiger partial charge in [0.05, 0.1) is 0 Å². The first kappa shape index (κ1) is 7.02. The zero-order valence-corrected chi connectivity index (χ0v) is 8.08. The molecule has 0 aliphatic heterocycles. The highest BCUT2D eigenvalue weighted by molar-refractivity contribution is 14.1. The number of aromatic amines is 1. The van der Waals surface area contributed by atoms with Gasteiger partial charge in [0.1, 0.15) is 14.7 Å². The molecule has 0 amide bonds. The second-order valence-corrected chi connectivity index (χ2v) is 3.44. The van der Waals surface area contributed by atoms with Crippen molar-refractivity contribution in [3.63, 3.8) is 0 Å². The van der Waals surface area contributed by atoms with Gasteiger partial charge in [-0.3, -0.25) is 10.1 Å². The summed E-state index contributed by atoms with van der Waals surface area (Å²) in [6.45, 7) is 2.03. The van der Waals surface area contributed by atoms with Crippen LogP contribution in [0.3, 0.4) is 0 Å². The smallest absolute Gasteiger partial charge is 0.122 e. The highest BCUT2D eigenvalue weighted by Gasteiger charge is 2.04. The second-order valence-electron chi connectivity index (χ2n) is 2.36. The molecule has 2 aromatic heterocycles. The summed E-state index contributed by atoms with van der Waals surface area (Å²) < 4.78 is 1.00. The molecule has 0 aromatic carbocycles. The van der Waals surface area contributed by atoms with Crippen molar-refractivity contribution in [2.24, 2.45) is 0 Å². The van der Waals surface area contributed by atoms with Crippen LogP contribution in [0.5, 0.6) is 0 Å². The Bertz CT molecular complexity index is 393. The number of halogens is 1. The fourth-order valence-electron chi connectivity index (χ4n) is 1.01. The van der Waals surface area contributed by atoms with Crippen molar-refractivity contribution in [1.29, 1.82) is 0 Å². The van der Waals surface area contributed by atoms with E-state index in [-0.39, 0.29) is 0 Å². The van der Waals surface area contributed by atoms with Gasteiger partial charge in [-0.25, -0.2) is 0 Å². The van der Waals surface area contributed by atoms with Gasteiger partial charge in [0.2, 0.25) is 0 Å². The molecule has 4 heteroatoms. The van der Waals surface area contributed by atoms with Gasteiger partial charge in [0.25, 0.3) is 0 Å². The van der Waals surface area contributed by atoms with Crippen LogP contribution in [0.2, 0.25) is 0 Å². The van der Waals surface area contributed by atoms with Crippen LogP contribution < -0.4 is 0 Å². The number of aromatic nitrogens is 3. The third-order valence-electron chi connectivity index (χ3n) is 1.60. The first-order valence-corrected chi connectivity index (χ1v) is 4.32. The lowest BCUT2D eigenvalue weighted by molar-refractivity contribution is 1.09. The highest BCUT2D eigenvalue weighted by Crippen LogP contribution is 2.16. The fraction of sp³-hybridized carbons (Fsp3) is 0.143. The maximum Gasteiger partial charge on any atom is 0.122 e. The lowest BCUT2D eigenvalue weighted by atomic mass is 10.2. The van der Waals surface area contributed by atoms with E-state index in [1.807, 2.05) is 13.0 Å². The Morgan fingerprint density at radius 3 is 3.00 bits per heavy atom. The minimum absolute atomic E-state index is 0.964. The molecular weight excluding hydrogens is 253 g/mol. The minimum atomic E-state index is 0.964. The molecule has 2 aromatic rings. The number of nitrogens with one attached hydrogen (secondary N) is 1. The number of H-pyrrole nitrogens is 1. The van der Waals surface area contributed by atoms with E-state index in [0.29, 0.717) is 0 Å². The molecule has 1 N–H and O–H groups in total. The monoisotopic (exact) mass is 259 g/mol. The van der Waals surface area contributed by atoms with Crippen LogP contribution in [-0.4, -0.2) is 15.2 Å². The third kappa shape index (κ3) is 1.01. The first-order valence-electron chi connectivity index (χ1n) is 3.24. The first-order chi connectivity index (χ1) is 5.29. The predicted octanol–water partition coefficient (Wildman–Crippen LogP) is 1.87. The molecule has 0 radical (unpaired) electrons. The van der Waals surface area contributed by atoms with Gasteiger partial charge in [0, 0.05) is 6.20 Å². The number of fused-ring (bicyclic) bond motifs is 1. The van der Waals surface area contributed by atoms with E-state index in [0.717, 1.165) is 20.3 Å². The van der Waals surface area contributed by atoms with Crippen LogP contribution >= 0.6 is 22.6 Å². The van der Waals surface area contributed by atoms with Crippen LogP contribution in [0.25, 0.3) is 11.0 Å². The summed E-state index contributed by atoms with van der Waals surface area (Å²) in [6, 6.07) is 1.96. The number of rotatable bonds is 0. The molecule has 2 rings (SSSR count). The molecule has 0 bridgehead atoms. The Hall–Kier alpha value is -0.650. The number of hydrogen-bond donors (Lipinski definition) is 1. The maximum atomic E-state index is 4.20. The van der Waals surface area contributed by atoms with Crippen LogP contribution in [0.15, 0.2) is 12.3 Å². The number of nitrogens with zero attached hydrogens (tertiary/aromatic N) is 2. The molecule has 0 spiro atoms. The highest BCUT2D eigenvalue weighted by atomic mass is 127. The summed E-state index contributed by atoms with van der Waals surface area (Å²) in [5, 5.41) is 7.01.